The summed E-state index contributed by atoms with van der Waals surface area (Å²) in [6, 6.07) is 8.28. The summed E-state index contributed by atoms with van der Waals surface area (Å²) in [4.78, 5) is 22.6. The Morgan fingerprint density at radius 2 is 1.91 bits per heavy atom. The van der Waals surface area contributed by atoms with Crippen molar-refractivity contribution in [3.05, 3.63) is 53.0 Å². The van der Waals surface area contributed by atoms with Crippen molar-refractivity contribution < 1.29 is 23.3 Å². The molecule has 1 atom stereocenters. The molecule has 0 bridgehead atoms. The number of carbonyl (C=O) groups is 2. The lowest BCUT2D eigenvalue weighted by Gasteiger charge is -2.07. The van der Waals surface area contributed by atoms with Crippen LogP contribution in [0.2, 0.25) is 0 Å². The molecule has 0 spiro atoms. The number of aryl methyl sites for hydroxylation is 2. The van der Waals surface area contributed by atoms with Crippen molar-refractivity contribution in [3.63, 3.8) is 0 Å². The van der Waals surface area contributed by atoms with Crippen molar-refractivity contribution >= 4 is 28.4 Å². The fraction of sp³-hybridized carbons (Fsp3) is 0.250. The summed E-state index contributed by atoms with van der Waals surface area (Å²) in [5, 5.41) is 11.4. The van der Waals surface area contributed by atoms with Crippen LogP contribution in [0.25, 0.3) is 0 Å². The van der Waals surface area contributed by atoms with Crippen molar-refractivity contribution in [2.45, 2.75) is 19.6 Å². The molecule has 7 heteroatoms. The number of furan rings is 1. The second-order valence-electron chi connectivity index (χ2n) is 5.15. The smallest absolute Gasteiger partial charge is 0.371 e. The monoisotopic (exact) mass is 335 g/mol. The predicted molar refractivity (Wildman–Crippen MR) is 86.9 cm³/mol. The summed E-state index contributed by atoms with van der Waals surface area (Å²) in [6.45, 7) is 3.92. The molecule has 1 amide bonds. The molecule has 1 aromatic heterocycles. The Morgan fingerprint density at radius 3 is 2.52 bits per heavy atom. The number of carbonyl (C=O) groups excluding carboxylic acids is 1. The third kappa shape index (κ3) is 4.79. The topological polar surface area (TPSA) is 96.6 Å². The molecule has 0 aliphatic heterocycles. The summed E-state index contributed by atoms with van der Waals surface area (Å²) < 4.78 is 17.0. The molecule has 0 saturated carbocycles. The first-order chi connectivity index (χ1) is 10.8. The van der Waals surface area contributed by atoms with Crippen molar-refractivity contribution in [2.24, 2.45) is 0 Å². The van der Waals surface area contributed by atoms with E-state index in [9.17, 15) is 13.8 Å². The first-order valence-electron chi connectivity index (χ1n) is 6.89. The van der Waals surface area contributed by atoms with Gasteiger partial charge in [-0.05, 0) is 49.2 Å². The number of benzene rings is 1. The number of hydrogen-bond acceptors (Lipinski definition) is 4. The van der Waals surface area contributed by atoms with Gasteiger partial charge in [-0.25, -0.2) is 4.79 Å². The Morgan fingerprint density at radius 1 is 1.17 bits per heavy atom. The van der Waals surface area contributed by atoms with Crippen molar-refractivity contribution in [1.29, 1.82) is 0 Å². The second kappa shape index (κ2) is 7.23. The van der Waals surface area contributed by atoms with Gasteiger partial charge in [-0.2, -0.15) is 0 Å². The highest BCUT2D eigenvalue weighted by Gasteiger charge is 2.14. The highest BCUT2D eigenvalue weighted by atomic mass is 32.2. The van der Waals surface area contributed by atoms with Gasteiger partial charge >= 0.3 is 5.97 Å². The van der Waals surface area contributed by atoms with E-state index in [1.807, 2.05) is 26.0 Å². The third-order valence-corrected chi connectivity index (χ3v) is 4.45. The van der Waals surface area contributed by atoms with Crippen LogP contribution < -0.4 is 5.32 Å². The van der Waals surface area contributed by atoms with Gasteiger partial charge in [0.1, 0.15) is 11.5 Å². The van der Waals surface area contributed by atoms with E-state index in [1.54, 1.807) is 6.07 Å². The standard InChI is InChI=1S/C16H17NO5S/c1-10-3-4-12(7-11(10)2)17-15(18)9-23(21)8-13-5-6-14(22-13)16(19)20/h3-7H,8-9H2,1-2H3,(H,17,18)(H,19,20). The van der Waals surface area contributed by atoms with Crippen molar-refractivity contribution in [1.82, 2.24) is 0 Å². The Bertz CT molecular complexity index is 766. The Balaban J connectivity index is 1.90. The number of anilines is 1. The van der Waals surface area contributed by atoms with Crippen LogP contribution >= 0.6 is 0 Å². The Kier molecular flexibility index (Phi) is 5.33. The molecule has 1 unspecified atom stereocenters. The third-order valence-electron chi connectivity index (χ3n) is 3.26. The normalized spacial score (nSPS) is 11.9. The lowest BCUT2D eigenvalue weighted by molar-refractivity contribution is -0.113. The van der Waals surface area contributed by atoms with Crippen LogP contribution in [0.15, 0.2) is 34.7 Å². The zero-order chi connectivity index (χ0) is 17.0. The number of carboxylic acid groups (broad SMARTS) is 1. The molecular weight excluding hydrogens is 318 g/mol. The van der Waals surface area contributed by atoms with Crippen LogP contribution in [0.4, 0.5) is 5.69 Å². The highest BCUT2D eigenvalue weighted by molar-refractivity contribution is 7.84. The molecule has 0 fully saturated rings. The number of carboxylic acids is 1. The van der Waals surface area contributed by atoms with Crippen LogP contribution in [0.1, 0.15) is 27.4 Å². The van der Waals surface area contributed by atoms with Gasteiger partial charge in [-0.15, -0.1) is 0 Å². The number of hydrogen-bond donors (Lipinski definition) is 2. The van der Waals surface area contributed by atoms with Gasteiger partial charge in [0.25, 0.3) is 0 Å². The van der Waals surface area contributed by atoms with Gasteiger partial charge in [0.15, 0.2) is 0 Å². The zero-order valence-electron chi connectivity index (χ0n) is 12.8. The van der Waals surface area contributed by atoms with Crippen LogP contribution in [-0.2, 0) is 21.3 Å². The van der Waals surface area contributed by atoms with E-state index in [4.69, 9.17) is 9.52 Å². The minimum Gasteiger partial charge on any atom is -0.475 e. The molecule has 0 saturated heterocycles. The maximum Gasteiger partial charge on any atom is 0.371 e. The average Bonchev–Trinajstić information content (AvgIpc) is 2.91. The van der Waals surface area contributed by atoms with Gasteiger partial charge in [0.05, 0.1) is 5.75 Å². The number of amides is 1. The van der Waals surface area contributed by atoms with Crippen LogP contribution in [0, 0.1) is 13.8 Å². The highest BCUT2D eigenvalue weighted by Crippen LogP contribution is 2.14. The van der Waals surface area contributed by atoms with Crippen LogP contribution in [0.5, 0.6) is 0 Å². The number of rotatable bonds is 6. The molecule has 0 radical (unpaired) electrons. The first kappa shape index (κ1) is 17.0. The molecular formula is C16H17NO5S. The maximum absolute atomic E-state index is 12.0. The Hall–Kier alpha value is -2.41. The second-order valence-corrected chi connectivity index (χ2v) is 6.60. The zero-order valence-corrected chi connectivity index (χ0v) is 13.6. The minimum atomic E-state index is -1.48. The van der Waals surface area contributed by atoms with E-state index in [-0.39, 0.29) is 28.9 Å². The molecule has 1 heterocycles. The van der Waals surface area contributed by atoms with Crippen molar-refractivity contribution in [3.8, 4) is 0 Å². The molecule has 122 valence electrons. The fourth-order valence-electron chi connectivity index (χ4n) is 1.94. The van der Waals surface area contributed by atoms with Crippen LogP contribution in [-0.4, -0.2) is 26.9 Å². The quantitative estimate of drug-likeness (QED) is 0.845. The molecule has 6 nitrogen and oxygen atoms in total. The van der Waals surface area contributed by atoms with E-state index in [1.165, 1.54) is 12.1 Å². The van der Waals surface area contributed by atoms with Gasteiger partial charge in [0.2, 0.25) is 11.7 Å². The lowest BCUT2D eigenvalue weighted by atomic mass is 10.1. The van der Waals surface area contributed by atoms with Crippen LogP contribution in [0.3, 0.4) is 0 Å². The minimum absolute atomic E-state index is 0.00632. The molecule has 1 aromatic carbocycles. The maximum atomic E-state index is 12.0. The lowest BCUT2D eigenvalue weighted by Crippen LogP contribution is -2.20. The summed E-state index contributed by atoms with van der Waals surface area (Å²) >= 11 is 0. The molecule has 2 N–H and O–H groups in total. The molecule has 0 aliphatic carbocycles. The summed E-state index contributed by atoms with van der Waals surface area (Å²) in [7, 11) is -1.48. The van der Waals surface area contributed by atoms with Crippen molar-refractivity contribution in [2.75, 3.05) is 11.1 Å². The Labute approximate surface area is 136 Å². The first-order valence-corrected chi connectivity index (χ1v) is 8.38. The molecule has 0 aliphatic rings. The number of nitrogens with one attached hydrogen (secondary N) is 1. The average molecular weight is 335 g/mol. The molecule has 2 aromatic rings. The van der Waals surface area contributed by atoms with E-state index in [2.05, 4.69) is 5.32 Å². The largest absolute Gasteiger partial charge is 0.475 e. The SMILES string of the molecule is Cc1ccc(NC(=O)CS(=O)Cc2ccc(C(=O)O)o2)cc1C. The van der Waals surface area contributed by atoms with Gasteiger partial charge in [0, 0.05) is 16.5 Å². The van der Waals surface area contributed by atoms with Gasteiger partial charge < -0.3 is 14.8 Å². The fourth-order valence-corrected chi connectivity index (χ4v) is 2.88. The van der Waals surface area contributed by atoms with E-state index < -0.39 is 16.8 Å². The predicted octanol–water partition coefficient (Wildman–Crippen LogP) is 2.48. The summed E-state index contributed by atoms with van der Waals surface area (Å²) in [5.74, 6) is -1.67. The van der Waals surface area contributed by atoms with Gasteiger partial charge in [-0.3, -0.25) is 9.00 Å². The summed E-state index contributed by atoms with van der Waals surface area (Å²) in [5.41, 5.74) is 2.83. The summed E-state index contributed by atoms with van der Waals surface area (Å²) in [6.07, 6.45) is 0. The molecule has 23 heavy (non-hydrogen) atoms. The van der Waals surface area contributed by atoms with E-state index in [0.29, 0.717) is 5.69 Å². The van der Waals surface area contributed by atoms with Gasteiger partial charge in [-0.1, -0.05) is 6.07 Å². The number of aromatic carboxylic acids is 1. The van der Waals surface area contributed by atoms with E-state index in [0.717, 1.165) is 11.1 Å². The molecule has 2 rings (SSSR count). The van der Waals surface area contributed by atoms with E-state index >= 15 is 0 Å².